The zero-order valence-corrected chi connectivity index (χ0v) is 16.6. The largest absolute Gasteiger partial charge is 0.370 e. The molecule has 0 amide bonds. The monoisotopic (exact) mass is 408 g/mol. The molecule has 4 N–H and O–H groups in total. The van der Waals surface area contributed by atoms with Crippen molar-refractivity contribution in [3.63, 3.8) is 0 Å². The summed E-state index contributed by atoms with van der Waals surface area (Å²) in [5, 5.41) is 3.19. The van der Waals surface area contributed by atoms with E-state index in [1.165, 1.54) is 25.9 Å². The van der Waals surface area contributed by atoms with Crippen LogP contribution >= 0.6 is 37.2 Å². The van der Waals surface area contributed by atoms with E-state index in [1.54, 1.807) is 6.33 Å². The van der Waals surface area contributed by atoms with E-state index in [-0.39, 0.29) is 37.2 Å². The van der Waals surface area contributed by atoms with E-state index in [9.17, 15) is 0 Å². The molecule has 6 nitrogen and oxygen atoms in total. The van der Waals surface area contributed by atoms with Gasteiger partial charge in [0.2, 0.25) is 0 Å². The molecular weight excluding hydrogens is 383 g/mol. The molecule has 0 atom stereocenters. The number of H-pyrrole nitrogens is 1. The van der Waals surface area contributed by atoms with Crippen LogP contribution in [0.25, 0.3) is 11.0 Å². The first-order valence-electron chi connectivity index (χ1n) is 7.99. The van der Waals surface area contributed by atoms with Gasteiger partial charge in [0.25, 0.3) is 0 Å². The molecule has 1 aliphatic heterocycles. The second-order valence-corrected chi connectivity index (χ2v) is 5.78. The molecule has 0 unspecified atom stereocenters. The van der Waals surface area contributed by atoms with Gasteiger partial charge in [0.1, 0.15) is 0 Å². The zero-order chi connectivity index (χ0) is 15.2. The third kappa shape index (κ3) is 7.28. The fourth-order valence-corrected chi connectivity index (χ4v) is 2.84. The van der Waals surface area contributed by atoms with Gasteiger partial charge in [0.15, 0.2) is 5.96 Å². The van der Waals surface area contributed by atoms with Gasteiger partial charge in [-0.15, -0.1) is 37.2 Å². The van der Waals surface area contributed by atoms with E-state index in [0.717, 1.165) is 36.1 Å². The van der Waals surface area contributed by atoms with E-state index < -0.39 is 0 Å². The second-order valence-electron chi connectivity index (χ2n) is 5.78. The van der Waals surface area contributed by atoms with Crippen molar-refractivity contribution in [2.24, 2.45) is 10.7 Å². The lowest BCUT2D eigenvalue weighted by Crippen LogP contribution is -2.34. The van der Waals surface area contributed by atoms with Gasteiger partial charge in [0.05, 0.1) is 23.9 Å². The van der Waals surface area contributed by atoms with Crippen molar-refractivity contribution < 1.29 is 0 Å². The van der Waals surface area contributed by atoms with Crippen LogP contribution in [-0.4, -0.2) is 47.0 Å². The standard InChI is InChI=1S/C16H24N6.3ClH/c17-16(18-6-3-9-22-7-1-2-8-22)19-11-13-4-5-14-15(10-13)21-12-20-14;;;/h4-5,10,12H,1-3,6-9,11H2,(H,20,21)(H3,17,18,19);3*1H. The third-order valence-electron chi connectivity index (χ3n) is 4.07. The normalized spacial score (nSPS) is 14.5. The van der Waals surface area contributed by atoms with E-state index in [0.29, 0.717) is 12.5 Å². The number of aliphatic imine (C=N–C) groups is 1. The van der Waals surface area contributed by atoms with Gasteiger partial charge < -0.3 is 20.9 Å². The van der Waals surface area contributed by atoms with Crippen LogP contribution in [0.5, 0.6) is 0 Å². The number of rotatable bonds is 6. The maximum absolute atomic E-state index is 5.91. The highest BCUT2D eigenvalue weighted by Crippen LogP contribution is 2.12. The fourth-order valence-electron chi connectivity index (χ4n) is 2.84. The SMILES string of the molecule is Cl.Cl.Cl.NC(=NCc1ccc2nc[nH]c2c1)NCCCN1CCCC1. The number of halogens is 3. The highest BCUT2D eigenvalue weighted by atomic mass is 35.5. The van der Waals surface area contributed by atoms with Crippen LogP contribution in [0, 0.1) is 0 Å². The minimum absolute atomic E-state index is 0. The van der Waals surface area contributed by atoms with Gasteiger partial charge in [-0.25, -0.2) is 9.98 Å². The molecular formula is C16H27Cl3N6. The molecule has 2 heterocycles. The Bertz CT molecular complexity index is 640. The molecule has 25 heavy (non-hydrogen) atoms. The van der Waals surface area contributed by atoms with Crippen molar-refractivity contribution in [3.8, 4) is 0 Å². The number of fused-ring (bicyclic) bond motifs is 1. The Hall–Kier alpha value is -1.21. The number of imidazole rings is 1. The highest BCUT2D eigenvalue weighted by molar-refractivity contribution is 5.86. The van der Waals surface area contributed by atoms with Gasteiger partial charge in [-0.3, -0.25) is 0 Å². The summed E-state index contributed by atoms with van der Waals surface area (Å²) >= 11 is 0. The fraction of sp³-hybridized carbons (Fsp3) is 0.500. The van der Waals surface area contributed by atoms with Crippen molar-refractivity contribution in [2.45, 2.75) is 25.8 Å². The summed E-state index contributed by atoms with van der Waals surface area (Å²) in [6, 6.07) is 6.09. The topological polar surface area (TPSA) is 82.3 Å². The minimum atomic E-state index is 0. The summed E-state index contributed by atoms with van der Waals surface area (Å²) in [7, 11) is 0. The summed E-state index contributed by atoms with van der Waals surface area (Å²) in [6.07, 6.45) is 5.50. The lowest BCUT2D eigenvalue weighted by atomic mass is 10.2. The van der Waals surface area contributed by atoms with Crippen LogP contribution in [0.15, 0.2) is 29.5 Å². The van der Waals surface area contributed by atoms with Crippen molar-refractivity contribution >= 4 is 54.2 Å². The van der Waals surface area contributed by atoms with Gasteiger partial charge in [-0.1, -0.05) is 6.07 Å². The molecule has 9 heteroatoms. The Morgan fingerprint density at radius 3 is 2.76 bits per heavy atom. The Morgan fingerprint density at radius 1 is 1.24 bits per heavy atom. The van der Waals surface area contributed by atoms with E-state index >= 15 is 0 Å². The molecule has 142 valence electrons. The van der Waals surface area contributed by atoms with Crippen molar-refractivity contribution in [3.05, 3.63) is 30.1 Å². The lowest BCUT2D eigenvalue weighted by molar-refractivity contribution is 0.334. The van der Waals surface area contributed by atoms with Crippen molar-refractivity contribution in [1.29, 1.82) is 0 Å². The summed E-state index contributed by atoms with van der Waals surface area (Å²) in [4.78, 5) is 14.2. The summed E-state index contributed by atoms with van der Waals surface area (Å²) in [5.41, 5.74) is 9.04. The number of nitrogens with two attached hydrogens (primary N) is 1. The molecule has 1 aromatic heterocycles. The molecule has 0 saturated carbocycles. The Balaban J connectivity index is 0.00000192. The van der Waals surface area contributed by atoms with Crippen molar-refractivity contribution in [2.75, 3.05) is 26.2 Å². The average molecular weight is 410 g/mol. The van der Waals surface area contributed by atoms with Gasteiger partial charge in [-0.05, 0) is 56.6 Å². The molecule has 3 rings (SSSR count). The molecule has 0 radical (unpaired) electrons. The third-order valence-corrected chi connectivity index (χ3v) is 4.07. The summed E-state index contributed by atoms with van der Waals surface area (Å²) < 4.78 is 0. The predicted molar refractivity (Wildman–Crippen MR) is 111 cm³/mol. The van der Waals surface area contributed by atoms with Crippen LogP contribution in [0.2, 0.25) is 0 Å². The number of nitrogens with zero attached hydrogens (tertiary/aromatic N) is 3. The number of likely N-dealkylation sites (tertiary alicyclic amines) is 1. The number of hydrogen-bond donors (Lipinski definition) is 3. The number of aromatic amines is 1. The quantitative estimate of drug-likeness (QED) is 0.389. The molecule has 1 saturated heterocycles. The number of benzene rings is 1. The molecule has 1 aromatic carbocycles. The van der Waals surface area contributed by atoms with Crippen LogP contribution < -0.4 is 11.1 Å². The van der Waals surface area contributed by atoms with E-state index in [1.807, 2.05) is 12.1 Å². The molecule has 0 aliphatic carbocycles. The van der Waals surface area contributed by atoms with Crippen LogP contribution in [0.4, 0.5) is 0 Å². The molecule has 2 aromatic rings. The maximum Gasteiger partial charge on any atom is 0.188 e. The number of hydrogen-bond acceptors (Lipinski definition) is 3. The average Bonchev–Trinajstić information content (AvgIpc) is 3.20. The highest BCUT2D eigenvalue weighted by Gasteiger charge is 2.09. The summed E-state index contributed by atoms with van der Waals surface area (Å²) in [5.74, 6) is 0.520. The van der Waals surface area contributed by atoms with E-state index in [4.69, 9.17) is 5.73 Å². The van der Waals surface area contributed by atoms with Gasteiger partial charge >= 0.3 is 0 Å². The first-order valence-corrected chi connectivity index (χ1v) is 7.99. The second kappa shape index (κ2) is 12.2. The van der Waals surface area contributed by atoms with E-state index in [2.05, 4.69) is 31.2 Å². The van der Waals surface area contributed by atoms with Crippen LogP contribution in [0.1, 0.15) is 24.8 Å². The summed E-state index contributed by atoms with van der Waals surface area (Å²) in [6.45, 7) is 5.11. The first kappa shape index (κ1) is 23.8. The van der Waals surface area contributed by atoms with Gasteiger partial charge in [0, 0.05) is 6.54 Å². The Morgan fingerprint density at radius 2 is 2.00 bits per heavy atom. The van der Waals surface area contributed by atoms with Crippen LogP contribution in [0.3, 0.4) is 0 Å². The zero-order valence-electron chi connectivity index (χ0n) is 14.1. The van der Waals surface area contributed by atoms with Gasteiger partial charge in [-0.2, -0.15) is 0 Å². The molecule has 0 spiro atoms. The molecule has 0 bridgehead atoms. The maximum atomic E-state index is 5.91. The predicted octanol–water partition coefficient (Wildman–Crippen LogP) is 2.72. The Kier molecular flexibility index (Phi) is 11.6. The van der Waals surface area contributed by atoms with Crippen LogP contribution in [-0.2, 0) is 6.54 Å². The smallest absolute Gasteiger partial charge is 0.188 e. The molecule has 1 aliphatic rings. The molecule has 1 fully saturated rings. The number of guanidine groups is 1. The lowest BCUT2D eigenvalue weighted by Gasteiger charge is -2.14. The first-order chi connectivity index (χ1) is 10.8. The number of nitrogens with one attached hydrogen (secondary N) is 2. The minimum Gasteiger partial charge on any atom is -0.370 e. The Labute approximate surface area is 167 Å². The van der Waals surface area contributed by atoms with Crippen molar-refractivity contribution in [1.82, 2.24) is 20.2 Å². The number of aromatic nitrogens is 2.